The lowest BCUT2D eigenvalue weighted by molar-refractivity contribution is 0.0299. The number of nitrogens with zero attached hydrogens (tertiary/aromatic N) is 4. The SMILES string of the molecule is CCn1cc(C(=O)N2CCOc3ccc(C(C)(O)CN(C)C)cc3C2)cn1. The smallest absolute Gasteiger partial charge is 0.257 e. The highest BCUT2D eigenvalue weighted by Gasteiger charge is 2.27. The number of rotatable bonds is 5. The van der Waals surface area contributed by atoms with E-state index in [0.29, 0.717) is 31.8 Å². The zero-order valence-electron chi connectivity index (χ0n) is 16.5. The minimum Gasteiger partial charge on any atom is -0.491 e. The Bertz CT molecular complexity index is 813. The molecule has 1 atom stereocenters. The first-order valence-corrected chi connectivity index (χ1v) is 9.25. The van der Waals surface area contributed by atoms with Gasteiger partial charge in [0.15, 0.2) is 0 Å². The number of aromatic nitrogens is 2. The van der Waals surface area contributed by atoms with E-state index in [-0.39, 0.29) is 5.91 Å². The number of ether oxygens (including phenoxy) is 1. The van der Waals surface area contributed by atoms with Gasteiger partial charge in [-0.25, -0.2) is 0 Å². The Kier molecular flexibility index (Phi) is 5.53. The molecule has 2 heterocycles. The van der Waals surface area contributed by atoms with Gasteiger partial charge in [-0.2, -0.15) is 5.10 Å². The number of carbonyl (C=O) groups is 1. The van der Waals surface area contributed by atoms with Crippen molar-refractivity contribution in [3.05, 3.63) is 47.3 Å². The normalized spacial score (nSPS) is 16.4. The van der Waals surface area contributed by atoms with Crippen molar-refractivity contribution < 1.29 is 14.6 Å². The summed E-state index contributed by atoms with van der Waals surface area (Å²) in [6.45, 7) is 6.40. The maximum atomic E-state index is 12.9. The van der Waals surface area contributed by atoms with E-state index in [9.17, 15) is 9.90 Å². The lowest BCUT2D eigenvalue weighted by atomic mass is 9.93. The van der Waals surface area contributed by atoms with Gasteiger partial charge in [0.05, 0.1) is 23.9 Å². The summed E-state index contributed by atoms with van der Waals surface area (Å²) in [6.07, 6.45) is 3.38. The predicted octanol–water partition coefficient (Wildman–Crippen LogP) is 1.71. The molecule has 7 nitrogen and oxygen atoms in total. The van der Waals surface area contributed by atoms with Gasteiger partial charge in [-0.1, -0.05) is 6.07 Å². The first kappa shape index (κ1) is 19.4. The Morgan fingerprint density at radius 3 is 2.85 bits per heavy atom. The number of amides is 1. The van der Waals surface area contributed by atoms with Crippen molar-refractivity contribution >= 4 is 5.91 Å². The van der Waals surface area contributed by atoms with Gasteiger partial charge in [-0.15, -0.1) is 0 Å². The van der Waals surface area contributed by atoms with Gasteiger partial charge in [-0.05, 0) is 45.6 Å². The lowest BCUT2D eigenvalue weighted by Crippen LogP contribution is -2.35. The molecular weight excluding hydrogens is 344 g/mol. The van der Waals surface area contributed by atoms with Crippen molar-refractivity contribution in [3.8, 4) is 5.75 Å². The zero-order chi connectivity index (χ0) is 19.6. The van der Waals surface area contributed by atoms with Crippen LogP contribution in [-0.4, -0.2) is 64.4 Å². The Labute approximate surface area is 160 Å². The molecule has 0 aliphatic carbocycles. The highest BCUT2D eigenvalue weighted by atomic mass is 16.5. The molecule has 0 bridgehead atoms. The van der Waals surface area contributed by atoms with Crippen LogP contribution in [0.2, 0.25) is 0 Å². The van der Waals surface area contributed by atoms with Crippen LogP contribution in [0.4, 0.5) is 0 Å². The van der Waals surface area contributed by atoms with Crippen molar-refractivity contribution in [2.45, 2.75) is 32.5 Å². The fourth-order valence-electron chi connectivity index (χ4n) is 3.44. The number of likely N-dealkylation sites (N-methyl/N-ethyl adjacent to an activating group) is 1. The summed E-state index contributed by atoms with van der Waals surface area (Å²) in [5.41, 5.74) is 1.31. The summed E-state index contributed by atoms with van der Waals surface area (Å²) in [5, 5.41) is 15.0. The van der Waals surface area contributed by atoms with Gasteiger partial charge < -0.3 is 19.6 Å². The van der Waals surface area contributed by atoms with Gasteiger partial charge >= 0.3 is 0 Å². The average Bonchev–Trinajstić information content (AvgIpc) is 2.99. The Balaban J connectivity index is 1.85. The van der Waals surface area contributed by atoms with Crippen LogP contribution >= 0.6 is 0 Å². The van der Waals surface area contributed by atoms with Crippen molar-refractivity contribution in [2.75, 3.05) is 33.8 Å². The summed E-state index contributed by atoms with van der Waals surface area (Å²) in [5.74, 6) is 0.704. The average molecular weight is 372 g/mol. The Hall–Kier alpha value is -2.38. The van der Waals surface area contributed by atoms with Crippen molar-refractivity contribution in [1.82, 2.24) is 19.6 Å². The molecule has 1 aromatic heterocycles. The number of hydrogen-bond acceptors (Lipinski definition) is 5. The highest BCUT2D eigenvalue weighted by Crippen LogP contribution is 2.30. The lowest BCUT2D eigenvalue weighted by Gasteiger charge is -2.28. The highest BCUT2D eigenvalue weighted by molar-refractivity contribution is 5.93. The van der Waals surface area contributed by atoms with Gasteiger partial charge in [0.25, 0.3) is 5.91 Å². The number of benzene rings is 1. The van der Waals surface area contributed by atoms with Crippen LogP contribution in [0.15, 0.2) is 30.6 Å². The molecule has 0 spiro atoms. The molecule has 1 aliphatic rings. The minimum absolute atomic E-state index is 0.0587. The Morgan fingerprint density at radius 1 is 1.41 bits per heavy atom. The van der Waals surface area contributed by atoms with Gasteiger partial charge in [-0.3, -0.25) is 9.48 Å². The van der Waals surface area contributed by atoms with E-state index in [1.807, 2.05) is 44.1 Å². The van der Waals surface area contributed by atoms with E-state index in [1.165, 1.54) is 0 Å². The summed E-state index contributed by atoms with van der Waals surface area (Å²) in [7, 11) is 3.86. The molecule has 3 rings (SSSR count). The first-order chi connectivity index (χ1) is 12.8. The molecule has 0 radical (unpaired) electrons. The fourth-order valence-corrected chi connectivity index (χ4v) is 3.44. The summed E-state index contributed by atoms with van der Waals surface area (Å²) >= 11 is 0. The third-order valence-corrected chi connectivity index (χ3v) is 4.78. The second kappa shape index (κ2) is 7.70. The Morgan fingerprint density at radius 2 is 2.19 bits per heavy atom. The molecule has 2 aromatic rings. The van der Waals surface area contributed by atoms with Crippen LogP contribution in [0.5, 0.6) is 5.75 Å². The van der Waals surface area contributed by atoms with Crippen LogP contribution < -0.4 is 4.74 Å². The maximum absolute atomic E-state index is 12.9. The predicted molar refractivity (Wildman–Crippen MR) is 103 cm³/mol. The summed E-state index contributed by atoms with van der Waals surface area (Å²) in [4.78, 5) is 16.6. The van der Waals surface area contributed by atoms with Crippen LogP contribution in [0.25, 0.3) is 0 Å². The van der Waals surface area contributed by atoms with E-state index in [0.717, 1.165) is 23.4 Å². The van der Waals surface area contributed by atoms with Gasteiger partial charge in [0, 0.05) is 31.4 Å². The third kappa shape index (κ3) is 4.31. The number of carbonyl (C=O) groups excluding carboxylic acids is 1. The maximum Gasteiger partial charge on any atom is 0.257 e. The molecule has 1 aromatic carbocycles. The molecule has 1 unspecified atom stereocenters. The number of aliphatic hydroxyl groups is 1. The van der Waals surface area contributed by atoms with Crippen LogP contribution in [0.1, 0.15) is 35.3 Å². The number of hydrogen-bond donors (Lipinski definition) is 1. The van der Waals surface area contributed by atoms with Crippen molar-refractivity contribution in [1.29, 1.82) is 0 Å². The van der Waals surface area contributed by atoms with Crippen LogP contribution in [-0.2, 0) is 18.7 Å². The topological polar surface area (TPSA) is 70.8 Å². The largest absolute Gasteiger partial charge is 0.491 e. The summed E-state index contributed by atoms with van der Waals surface area (Å²) < 4.78 is 7.58. The molecule has 0 saturated carbocycles. The number of aryl methyl sites for hydroxylation is 1. The molecule has 0 saturated heterocycles. The molecule has 1 amide bonds. The van der Waals surface area contributed by atoms with Gasteiger partial charge in [0.2, 0.25) is 0 Å². The second-order valence-corrected chi connectivity index (χ2v) is 7.49. The third-order valence-electron chi connectivity index (χ3n) is 4.78. The van der Waals surface area contributed by atoms with Crippen LogP contribution in [0.3, 0.4) is 0 Å². The minimum atomic E-state index is -0.984. The quantitative estimate of drug-likeness (QED) is 0.865. The monoisotopic (exact) mass is 372 g/mol. The molecular formula is C20H28N4O3. The van der Waals surface area contributed by atoms with E-state index >= 15 is 0 Å². The molecule has 1 N–H and O–H groups in total. The van der Waals surface area contributed by atoms with E-state index in [2.05, 4.69) is 5.10 Å². The fraction of sp³-hybridized carbons (Fsp3) is 0.500. The summed E-state index contributed by atoms with van der Waals surface area (Å²) in [6, 6.07) is 5.73. The first-order valence-electron chi connectivity index (χ1n) is 9.25. The zero-order valence-corrected chi connectivity index (χ0v) is 16.5. The molecule has 7 heteroatoms. The van der Waals surface area contributed by atoms with Crippen LogP contribution in [0, 0.1) is 0 Å². The standard InChI is InChI=1S/C20H28N4O3/c1-5-24-13-16(11-21-24)19(25)23-8-9-27-18-7-6-17(10-15(18)12-23)20(2,26)14-22(3)4/h6-7,10-11,13,26H,5,8-9,12,14H2,1-4H3. The van der Waals surface area contributed by atoms with E-state index in [4.69, 9.17) is 4.74 Å². The molecule has 1 aliphatic heterocycles. The van der Waals surface area contributed by atoms with E-state index in [1.54, 1.807) is 28.9 Å². The second-order valence-electron chi connectivity index (χ2n) is 7.49. The molecule has 0 fully saturated rings. The van der Waals surface area contributed by atoms with Gasteiger partial charge in [0.1, 0.15) is 12.4 Å². The van der Waals surface area contributed by atoms with E-state index < -0.39 is 5.60 Å². The number of fused-ring (bicyclic) bond motifs is 1. The van der Waals surface area contributed by atoms with Crippen molar-refractivity contribution in [2.24, 2.45) is 0 Å². The molecule has 146 valence electrons. The molecule has 27 heavy (non-hydrogen) atoms. The van der Waals surface area contributed by atoms with Crippen molar-refractivity contribution in [3.63, 3.8) is 0 Å².